The van der Waals surface area contributed by atoms with Crippen LogP contribution in [0.2, 0.25) is 0 Å². The lowest BCUT2D eigenvalue weighted by Gasteiger charge is -2.48. The normalized spacial score (nSPS) is 18.0. The topological polar surface area (TPSA) is 32.3 Å². The Labute approximate surface area is 429 Å². The van der Waals surface area contributed by atoms with Crippen LogP contribution in [0.25, 0.3) is 22.5 Å². The molecule has 5 heteroatoms. The van der Waals surface area contributed by atoms with Crippen molar-refractivity contribution in [1.82, 2.24) is 9.97 Å². The van der Waals surface area contributed by atoms with Crippen LogP contribution in [-0.4, -0.2) is 18.0 Å². The molecule has 14 rings (SSSR count). The van der Waals surface area contributed by atoms with Crippen molar-refractivity contribution in [2.45, 2.75) is 31.6 Å². The van der Waals surface area contributed by atoms with Gasteiger partial charge in [0.25, 0.3) is 0 Å². The minimum Gasteiger partial charge on any atom is -0.311 e. The summed E-state index contributed by atoms with van der Waals surface area (Å²) in [7, 11) is -2.70. The van der Waals surface area contributed by atoms with Gasteiger partial charge in [-0.1, -0.05) is 213 Å². The van der Waals surface area contributed by atoms with Crippen molar-refractivity contribution in [3.63, 3.8) is 0 Å². The average molecular weight is 953 g/mol. The number of aromatic nitrogens is 2. The maximum Gasteiger partial charge on any atom is 0.184 e. The second kappa shape index (κ2) is 16.5. The first-order chi connectivity index (χ1) is 35.9. The quantitative estimate of drug-likeness (QED) is 0.156. The Morgan fingerprint density at radius 2 is 0.822 bits per heavy atom. The number of fused-ring (bicyclic) bond motifs is 11. The van der Waals surface area contributed by atoms with E-state index in [2.05, 4.69) is 278 Å². The fourth-order valence-electron chi connectivity index (χ4n) is 13.6. The summed E-state index contributed by atoms with van der Waals surface area (Å²) in [5, 5.41) is 5.52. The molecular formula is C68H52N4Si. The molecule has 0 radical (unpaired) electrons. The van der Waals surface area contributed by atoms with Crippen LogP contribution in [0.5, 0.6) is 0 Å². The molecule has 4 nitrogen and oxygen atoms in total. The van der Waals surface area contributed by atoms with E-state index in [1.54, 1.807) is 0 Å². The van der Waals surface area contributed by atoms with E-state index in [-0.39, 0.29) is 16.7 Å². The van der Waals surface area contributed by atoms with Gasteiger partial charge in [-0.2, -0.15) is 0 Å². The third kappa shape index (κ3) is 6.06. The number of hydrogen-bond acceptors (Lipinski definition) is 4. The fourth-order valence-corrected chi connectivity index (χ4v) is 18.8. The molecule has 3 heterocycles. The maximum atomic E-state index is 5.12. The van der Waals surface area contributed by atoms with E-state index in [0.717, 1.165) is 45.3 Å². The molecule has 73 heavy (non-hydrogen) atoms. The number of anilines is 6. The first-order valence-electron chi connectivity index (χ1n) is 25.5. The van der Waals surface area contributed by atoms with Gasteiger partial charge in [0.1, 0.15) is 5.82 Å². The second-order valence-electron chi connectivity index (χ2n) is 20.3. The minimum atomic E-state index is -2.70. The van der Waals surface area contributed by atoms with Gasteiger partial charge in [0.05, 0.1) is 28.2 Å². The highest BCUT2D eigenvalue weighted by atomic mass is 28.3. The number of hydrogen-bond donors (Lipinski definition) is 0. The Bertz CT molecular complexity index is 3720. The van der Waals surface area contributed by atoms with Gasteiger partial charge >= 0.3 is 0 Å². The zero-order valence-electron chi connectivity index (χ0n) is 41.1. The third-order valence-corrected chi connectivity index (χ3v) is 21.5. The number of rotatable bonds is 6. The van der Waals surface area contributed by atoms with Crippen LogP contribution in [-0.2, 0) is 10.8 Å². The van der Waals surface area contributed by atoms with Gasteiger partial charge in [-0.3, -0.25) is 0 Å². The third-order valence-electron chi connectivity index (χ3n) is 16.6. The van der Waals surface area contributed by atoms with E-state index in [1.165, 1.54) is 65.8 Å². The summed E-state index contributed by atoms with van der Waals surface area (Å²) in [6, 6.07) is 85.9. The second-order valence-corrected chi connectivity index (χ2v) is 24.0. The molecule has 2 aliphatic heterocycles. The molecule has 2 aliphatic carbocycles. The lowest BCUT2D eigenvalue weighted by atomic mass is 9.58. The van der Waals surface area contributed by atoms with Crippen molar-refractivity contribution < 1.29 is 0 Å². The number of aryl methyl sites for hydroxylation is 1. The highest BCUT2D eigenvalue weighted by molar-refractivity contribution is 7.21. The summed E-state index contributed by atoms with van der Waals surface area (Å²) in [5.74, 6) is 0.953. The molecule has 1 spiro atoms. The summed E-state index contributed by atoms with van der Waals surface area (Å²) in [5.41, 5.74) is 17.1. The summed E-state index contributed by atoms with van der Waals surface area (Å²) >= 11 is 0. The van der Waals surface area contributed by atoms with Crippen LogP contribution in [0, 0.1) is 19.8 Å². The Kier molecular flexibility index (Phi) is 9.73. The van der Waals surface area contributed by atoms with Crippen molar-refractivity contribution in [1.29, 1.82) is 0 Å². The zero-order valence-corrected chi connectivity index (χ0v) is 42.1. The number of para-hydroxylation sites is 4. The van der Waals surface area contributed by atoms with Crippen LogP contribution in [0.15, 0.2) is 255 Å². The van der Waals surface area contributed by atoms with Gasteiger partial charge in [-0.05, 0) is 105 Å². The molecular weight excluding hydrogens is 901 g/mol. The van der Waals surface area contributed by atoms with E-state index in [9.17, 15) is 0 Å². The predicted octanol–water partition coefficient (Wildman–Crippen LogP) is 13.7. The lowest BCUT2D eigenvalue weighted by Crippen LogP contribution is -2.77. The molecule has 348 valence electrons. The maximum absolute atomic E-state index is 5.12. The minimum absolute atomic E-state index is 0.143. The van der Waals surface area contributed by atoms with Gasteiger partial charge in [0.15, 0.2) is 8.07 Å². The largest absolute Gasteiger partial charge is 0.311 e. The monoisotopic (exact) mass is 952 g/mol. The van der Waals surface area contributed by atoms with Crippen molar-refractivity contribution in [3.05, 3.63) is 288 Å². The Hall–Kier alpha value is -8.64. The van der Waals surface area contributed by atoms with Gasteiger partial charge < -0.3 is 9.80 Å². The summed E-state index contributed by atoms with van der Waals surface area (Å²) in [6.45, 7) is 6.60. The molecule has 2 atom stereocenters. The Morgan fingerprint density at radius 3 is 1.33 bits per heavy atom. The molecule has 1 aromatic heterocycles. The molecule has 0 amide bonds. The van der Waals surface area contributed by atoms with Crippen LogP contribution >= 0.6 is 0 Å². The van der Waals surface area contributed by atoms with Crippen molar-refractivity contribution in [3.8, 4) is 22.5 Å². The SMILES string of the molecule is Cc1nc(-c2ccc(N3c4ccccc4C4(c5ccccc53)c3ccccc3C3(C)C=CC=CC34)cc2)c(C)c(-c2ccc(N3c4ccccc4[Si](c4ccccc4)(c4ccccc4)c4ccccc43)cc2)n1. The molecule has 2 unspecified atom stereocenters. The highest BCUT2D eigenvalue weighted by Gasteiger charge is 2.61. The number of benzene rings is 9. The zero-order chi connectivity index (χ0) is 48.9. The van der Waals surface area contributed by atoms with Crippen molar-refractivity contribution >= 4 is 62.9 Å². The first-order valence-corrected chi connectivity index (χ1v) is 27.5. The standard InChI is InChI=1S/C68H52N4Si/c1-46-65(48-37-41-50(42-38-48)71-58-30-14-12-28-56(58)68(57-29-13-15-31-59(57)71)55-27-11-10-26-54(55)67(3)45-21-20-36-64(67)68)69-47(2)70-66(46)49-39-43-51(44-40-49)72-60-32-16-18-34-62(60)73(52-22-6-4-7-23-52,53-24-8-5-9-25-53)63-35-19-17-33-61(63)72/h4-45,64H,1-3H3. The van der Waals surface area contributed by atoms with E-state index in [4.69, 9.17) is 9.97 Å². The van der Waals surface area contributed by atoms with E-state index in [0.29, 0.717) is 0 Å². The molecule has 10 aromatic rings. The smallest absolute Gasteiger partial charge is 0.184 e. The molecule has 0 fully saturated rings. The molecule has 9 aromatic carbocycles. The van der Waals surface area contributed by atoms with Crippen molar-refractivity contribution in [2.24, 2.45) is 5.92 Å². The van der Waals surface area contributed by atoms with Crippen LogP contribution in [0.1, 0.15) is 40.6 Å². The highest BCUT2D eigenvalue weighted by Crippen LogP contribution is 2.67. The van der Waals surface area contributed by atoms with Crippen LogP contribution in [0.3, 0.4) is 0 Å². The van der Waals surface area contributed by atoms with Gasteiger partial charge in [0, 0.05) is 50.8 Å². The Morgan fingerprint density at radius 1 is 0.411 bits per heavy atom. The molecule has 0 saturated heterocycles. The van der Waals surface area contributed by atoms with Crippen molar-refractivity contribution in [2.75, 3.05) is 9.80 Å². The molecule has 0 bridgehead atoms. The first kappa shape index (κ1) is 43.2. The molecule has 0 saturated carbocycles. The summed E-state index contributed by atoms with van der Waals surface area (Å²) < 4.78 is 0. The van der Waals surface area contributed by atoms with Crippen LogP contribution < -0.4 is 30.5 Å². The average Bonchev–Trinajstić information content (AvgIpc) is 3.70. The van der Waals surface area contributed by atoms with Gasteiger partial charge in [-0.25, -0.2) is 9.97 Å². The van der Waals surface area contributed by atoms with Gasteiger partial charge in [-0.15, -0.1) is 0 Å². The van der Waals surface area contributed by atoms with Crippen LogP contribution in [0.4, 0.5) is 34.1 Å². The van der Waals surface area contributed by atoms with E-state index < -0.39 is 8.07 Å². The van der Waals surface area contributed by atoms with E-state index >= 15 is 0 Å². The number of allylic oxidation sites excluding steroid dienone is 4. The Balaban J connectivity index is 0.830. The fraction of sp³-hybridized carbons (Fsp3) is 0.0882. The van der Waals surface area contributed by atoms with E-state index in [1.807, 2.05) is 6.92 Å². The van der Waals surface area contributed by atoms with Gasteiger partial charge in [0.2, 0.25) is 0 Å². The summed E-state index contributed by atoms with van der Waals surface area (Å²) in [4.78, 5) is 15.2. The molecule has 4 aliphatic rings. The molecule has 0 N–H and O–H groups in total. The summed E-state index contributed by atoms with van der Waals surface area (Å²) in [6.07, 6.45) is 9.38. The lowest BCUT2D eigenvalue weighted by molar-refractivity contribution is 0.365. The predicted molar refractivity (Wildman–Crippen MR) is 304 cm³/mol. The number of nitrogens with zero attached hydrogens (tertiary/aromatic N) is 4.